The molecule has 0 aromatic carbocycles. The largest absolute Gasteiger partial charge is 0.396 e. The van der Waals surface area contributed by atoms with E-state index in [1.54, 1.807) is 6.20 Å². The van der Waals surface area contributed by atoms with Crippen molar-refractivity contribution in [2.45, 2.75) is 33.1 Å². The van der Waals surface area contributed by atoms with E-state index in [0.29, 0.717) is 22.7 Å². The van der Waals surface area contributed by atoms with Gasteiger partial charge in [-0.2, -0.15) is 4.98 Å². The second-order valence-electron chi connectivity index (χ2n) is 4.48. The molecule has 0 radical (unpaired) electrons. The van der Waals surface area contributed by atoms with Crippen LogP contribution in [0.2, 0.25) is 5.02 Å². The summed E-state index contributed by atoms with van der Waals surface area (Å²) in [5.74, 6) is 1.65. The Labute approximate surface area is 119 Å². The summed E-state index contributed by atoms with van der Waals surface area (Å²) in [6.07, 6.45) is 4.41. The second-order valence-corrected chi connectivity index (χ2v) is 4.89. The van der Waals surface area contributed by atoms with Crippen molar-refractivity contribution in [1.29, 1.82) is 0 Å². The van der Waals surface area contributed by atoms with Crippen molar-refractivity contribution in [3.63, 3.8) is 0 Å². The van der Waals surface area contributed by atoms with Crippen LogP contribution in [0.15, 0.2) is 6.20 Å². The number of anilines is 2. The first-order valence-corrected chi connectivity index (χ1v) is 7.20. The molecule has 0 aliphatic rings. The molecule has 0 aliphatic carbocycles. The zero-order valence-corrected chi connectivity index (χ0v) is 12.4. The summed E-state index contributed by atoms with van der Waals surface area (Å²) in [7, 11) is 0. The normalized spacial score (nSPS) is 12.2. The summed E-state index contributed by atoms with van der Waals surface area (Å²) >= 11 is 6.07. The highest BCUT2D eigenvalue weighted by Crippen LogP contribution is 2.20. The van der Waals surface area contributed by atoms with E-state index >= 15 is 0 Å². The molecule has 19 heavy (non-hydrogen) atoms. The molecule has 0 bridgehead atoms. The molecule has 1 unspecified atom stereocenters. The van der Waals surface area contributed by atoms with Crippen LogP contribution in [-0.4, -0.2) is 34.8 Å². The van der Waals surface area contributed by atoms with E-state index in [9.17, 15) is 0 Å². The van der Waals surface area contributed by atoms with E-state index in [2.05, 4.69) is 34.4 Å². The minimum absolute atomic E-state index is 0.209. The van der Waals surface area contributed by atoms with E-state index in [0.717, 1.165) is 32.4 Å². The minimum Gasteiger partial charge on any atom is -0.396 e. The fraction of sp³-hybridized carbons (Fsp3) is 0.692. The first-order valence-electron chi connectivity index (χ1n) is 6.82. The molecule has 0 aliphatic heterocycles. The van der Waals surface area contributed by atoms with Crippen LogP contribution in [0.5, 0.6) is 0 Å². The summed E-state index contributed by atoms with van der Waals surface area (Å²) in [5.41, 5.74) is 0. The Balaban J connectivity index is 2.60. The van der Waals surface area contributed by atoms with Gasteiger partial charge in [0.05, 0.1) is 6.20 Å². The quantitative estimate of drug-likeness (QED) is 0.651. The first kappa shape index (κ1) is 16.0. The predicted octanol–water partition coefficient (Wildman–Crippen LogP) is 2.77. The Kier molecular flexibility index (Phi) is 7.52. The molecule has 3 N–H and O–H groups in total. The molecule has 0 fully saturated rings. The molecule has 1 atom stereocenters. The van der Waals surface area contributed by atoms with Gasteiger partial charge in [0.25, 0.3) is 0 Å². The fourth-order valence-corrected chi connectivity index (χ4v) is 1.85. The molecule has 0 spiro atoms. The summed E-state index contributed by atoms with van der Waals surface area (Å²) < 4.78 is 0. The smallest absolute Gasteiger partial charge is 0.224 e. The van der Waals surface area contributed by atoms with Crippen LogP contribution in [0, 0.1) is 5.92 Å². The lowest BCUT2D eigenvalue weighted by Crippen LogP contribution is -2.16. The Bertz CT molecular complexity index is 376. The molecule has 5 nitrogen and oxygen atoms in total. The van der Waals surface area contributed by atoms with Gasteiger partial charge in [0.1, 0.15) is 10.8 Å². The fourth-order valence-electron chi connectivity index (χ4n) is 1.69. The van der Waals surface area contributed by atoms with Crippen molar-refractivity contribution < 1.29 is 5.11 Å². The maximum Gasteiger partial charge on any atom is 0.224 e. The van der Waals surface area contributed by atoms with Gasteiger partial charge in [0, 0.05) is 19.7 Å². The summed E-state index contributed by atoms with van der Waals surface area (Å²) in [5, 5.41) is 15.8. The first-order chi connectivity index (χ1) is 9.21. The van der Waals surface area contributed by atoms with Gasteiger partial charge in [-0.3, -0.25) is 0 Å². The van der Waals surface area contributed by atoms with Crippen molar-refractivity contribution in [3.05, 3.63) is 11.2 Å². The molecule has 1 aromatic heterocycles. The van der Waals surface area contributed by atoms with E-state index in [-0.39, 0.29) is 6.61 Å². The maximum atomic E-state index is 8.97. The highest BCUT2D eigenvalue weighted by Gasteiger charge is 2.09. The Morgan fingerprint density at radius 2 is 2.16 bits per heavy atom. The number of aliphatic hydroxyl groups is 1. The summed E-state index contributed by atoms with van der Waals surface area (Å²) in [4.78, 5) is 8.47. The van der Waals surface area contributed by atoms with Gasteiger partial charge in [0.15, 0.2) is 0 Å². The van der Waals surface area contributed by atoms with E-state index in [1.807, 2.05) is 0 Å². The highest BCUT2D eigenvalue weighted by molar-refractivity contribution is 6.32. The number of hydrogen-bond acceptors (Lipinski definition) is 5. The number of hydrogen-bond donors (Lipinski definition) is 3. The summed E-state index contributed by atoms with van der Waals surface area (Å²) in [6.45, 7) is 5.99. The molecule has 1 aromatic rings. The van der Waals surface area contributed by atoms with Crippen molar-refractivity contribution in [2.75, 3.05) is 30.3 Å². The third-order valence-corrected chi connectivity index (χ3v) is 3.23. The van der Waals surface area contributed by atoms with Gasteiger partial charge in [-0.1, -0.05) is 31.9 Å². The van der Waals surface area contributed by atoms with Crippen molar-refractivity contribution in [2.24, 2.45) is 5.92 Å². The van der Waals surface area contributed by atoms with Crippen LogP contribution >= 0.6 is 11.6 Å². The molecule has 6 heteroatoms. The number of nitrogens with zero attached hydrogens (tertiary/aromatic N) is 2. The molecule has 108 valence electrons. The van der Waals surface area contributed by atoms with Crippen molar-refractivity contribution in [3.8, 4) is 0 Å². The van der Waals surface area contributed by atoms with Crippen LogP contribution in [0.3, 0.4) is 0 Å². The lowest BCUT2D eigenvalue weighted by molar-refractivity contribution is 0.258. The van der Waals surface area contributed by atoms with Gasteiger partial charge in [-0.25, -0.2) is 4.98 Å². The average molecular weight is 287 g/mol. The molecular weight excluding hydrogens is 264 g/mol. The second kappa shape index (κ2) is 8.93. The van der Waals surface area contributed by atoms with Gasteiger partial charge in [-0.05, 0) is 18.8 Å². The lowest BCUT2D eigenvalue weighted by atomic mass is 10.0. The van der Waals surface area contributed by atoms with Crippen LogP contribution in [-0.2, 0) is 0 Å². The average Bonchev–Trinajstić information content (AvgIpc) is 2.43. The lowest BCUT2D eigenvalue weighted by Gasteiger charge is -2.15. The zero-order chi connectivity index (χ0) is 14.1. The summed E-state index contributed by atoms with van der Waals surface area (Å²) in [6, 6.07) is 0. The molecule has 1 rings (SSSR count). The third kappa shape index (κ3) is 5.61. The molecule has 0 amide bonds. The van der Waals surface area contributed by atoms with Crippen LogP contribution in [0.4, 0.5) is 11.8 Å². The van der Waals surface area contributed by atoms with Gasteiger partial charge in [0.2, 0.25) is 5.95 Å². The van der Waals surface area contributed by atoms with E-state index in [1.165, 1.54) is 0 Å². The van der Waals surface area contributed by atoms with Gasteiger partial charge < -0.3 is 15.7 Å². The molecule has 0 saturated carbocycles. The van der Waals surface area contributed by atoms with Gasteiger partial charge >= 0.3 is 0 Å². The number of nitrogens with one attached hydrogen (secondary N) is 2. The van der Waals surface area contributed by atoms with Crippen LogP contribution in [0.1, 0.15) is 33.1 Å². The number of rotatable bonds is 9. The Morgan fingerprint density at radius 3 is 2.79 bits per heavy atom. The predicted molar refractivity (Wildman–Crippen MR) is 79.8 cm³/mol. The molecule has 1 heterocycles. The van der Waals surface area contributed by atoms with Crippen LogP contribution in [0.25, 0.3) is 0 Å². The molecule has 0 saturated heterocycles. The monoisotopic (exact) mass is 286 g/mol. The standard InChI is InChI=1S/C13H23ClN4O/c1-3-6-15-13-17-9-11(14)12(18-13)16-8-10(4-2)5-7-19/h9-10,19H,3-8H2,1-2H3,(H2,15,16,17,18). The van der Waals surface area contributed by atoms with Crippen molar-refractivity contribution >= 4 is 23.4 Å². The molecular formula is C13H23ClN4O. The Morgan fingerprint density at radius 1 is 1.37 bits per heavy atom. The van der Waals surface area contributed by atoms with E-state index < -0.39 is 0 Å². The Hall–Kier alpha value is -1.07. The number of aromatic nitrogens is 2. The third-order valence-electron chi connectivity index (χ3n) is 2.95. The SMILES string of the molecule is CCCNc1ncc(Cl)c(NCC(CC)CCO)n1. The van der Waals surface area contributed by atoms with E-state index in [4.69, 9.17) is 16.7 Å². The van der Waals surface area contributed by atoms with Crippen molar-refractivity contribution in [1.82, 2.24) is 9.97 Å². The number of aliphatic hydroxyl groups excluding tert-OH is 1. The van der Waals surface area contributed by atoms with Gasteiger partial charge in [-0.15, -0.1) is 0 Å². The topological polar surface area (TPSA) is 70.1 Å². The maximum absolute atomic E-state index is 8.97. The van der Waals surface area contributed by atoms with Crippen LogP contribution < -0.4 is 10.6 Å². The highest BCUT2D eigenvalue weighted by atomic mass is 35.5. The number of halogens is 1. The minimum atomic E-state index is 0.209. The zero-order valence-electron chi connectivity index (χ0n) is 11.6.